The van der Waals surface area contributed by atoms with Crippen molar-refractivity contribution in [3.63, 3.8) is 0 Å². The second kappa shape index (κ2) is 11.5. The summed E-state index contributed by atoms with van der Waals surface area (Å²) in [6.07, 6.45) is 4.83. The minimum atomic E-state index is 0.437. The summed E-state index contributed by atoms with van der Waals surface area (Å²) in [5.41, 5.74) is 8.61. The third kappa shape index (κ3) is 6.12. The van der Waals surface area contributed by atoms with E-state index in [9.17, 15) is 0 Å². The molecule has 32 heavy (non-hydrogen) atoms. The van der Waals surface area contributed by atoms with Crippen molar-refractivity contribution in [3.8, 4) is 0 Å². The summed E-state index contributed by atoms with van der Waals surface area (Å²) in [4.78, 5) is 0. The van der Waals surface area contributed by atoms with Gasteiger partial charge in [-0.1, -0.05) is 124 Å². The van der Waals surface area contributed by atoms with Crippen molar-refractivity contribution in [2.24, 2.45) is 11.8 Å². The molecule has 0 saturated carbocycles. The van der Waals surface area contributed by atoms with Crippen molar-refractivity contribution >= 4 is 0 Å². The lowest BCUT2D eigenvalue weighted by molar-refractivity contribution is 0.468. The SMILES string of the molecule is CCC(C)CC(c1ccc(C)cc1)c1ccccc1C(CC(C)CC)c1ccc(C)cc1. The zero-order chi connectivity index (χ0) is 23.1. The first kappa shape index (κ1) is 24.3. The summed E-state index contributed by atoms with van der Waals surface area (Å²) < 4.78 is 0. The monoisotopic (exact) mass is 426 g/mol. The molecule has 0 nitrogen and oxygen atoms in total. The van der Waals surface area contributed by atoms with E-state index < -0.39 is 0 Å². The van der Waals surface area contributed by atoms with Gasteiger partial charge in [0, 0.05) is 11.8 Å². The minimum Gasteiger partial charge on any atom is -0.0651 e. The Labute approximate surface area is 197 Å². The molecular weight excluding hydrogens is 384 g/mol. The first-order valence-corrected chi connectivity index (χ1v) is 12.6. The topological polar surface area (TPSA) is 0 Å². The zero-order valence-corrected chi connectivity index (χ0v) is 21.1. The average molecular weight is 427 g/mol. The Hall–Kier alpha value is -2.34. The van der Waals surface area contributed by atoms with Crippen LogP contribution in [-0.4, -0.2) is 0 Å². The summed E-state index contributed by atoms with van der Waals surface area (Å²) in [6, 6.07) is 27.8. The van der Waals surface area contributed by atoms with Gasteiger partial charge in [-0.3, -0.25) is 0 Å². The number of aryl methyl sites for hydroxylation is 2. The average Bonchev–Trinajstić information content (AvgIpc) is 2.82. The van der Waals surface area contributed by atoms with E-state index in [-0.39, 0.29) is 0 Å². The van der Waals surface area contributed by atoms with E-state index in [1.807, 2.05) is 0 Å². The third-order valence-corrected chi connectivity index (χ3v) is 7.38. The summed E-state index contributed by atoms with van der Waals surface area (Å²) in [5, 5.41) is 0. The van der Waals surface area contributed by atoms with Crippen LogP contribution in [0.25, 0.3) is 0 Å². The maximum Gasteiger partial charge on any atom is 0.00948 e. The molecular formula is C32H42. The van der Waals surface area contributed by atoms with Crippen LogP contribution in [0.3, 0.4) is 0 Å². The van der Waals surface area contributed by atoms with Gasteiger partial charge in [0.15, 0.2) is 0 Å². The smallest absolute Gasteiger partial charge is 0.00948 e. The Kier molecular flexibility index (Phi) is 8.74. The van der Waals surface area contributed by atoms with E-state index in [0.717, 1.165) is 0 Å². The van der Waals surface area contributed by atoms with Crippen LogP contribution >= 0.6 is 0 Å². The summed E-state index contributed by atoms with van der Waals surface area (Å²) in [7, 11) is 0. The predicted octanol–water partition coefficient (Wildman–Crippen LogP) is 9.44. The molecule has 4 unspecified atom stereocenters. The summed E-state index contributed by atoms with van der Waals surface area (Å²) in [5.74, 6) is 2.27. The highest BCUT2D eigenvalue weighted by atomic mass is 14.3. The largest absolute Gasteiger partial charge is 0.0651 e. The van der Waals surface area contributed by atoms with E-state index in [4.69, 9.17) is 0 Å². The van der Waals surface area contributed by atoms with Crippen LogP contribution in [0.4, 0.5) is 0 Å². The minimum absolute atomic E-state index is 0.437. The Morgan fingerprint density at radius 3 is 1.19 bits per heavy atom. The quantitative estimate of drug-likeness (QED) is 0.303. The van der Waals surface area contributed by atoms with Crippen LogP contribution in [-0.2, 0) is 0 Å². The maximum atomic E-state index is 2.40. The second-order valence-electron chi connectivity index (χ2n) is 10.1. The normalized spacial score (nSPS) is 15.2. The molecule has 0 aliphatic rings. The number of hydrogen-bond donors (Lipinski definition) is 0. The van der Waals surface area contributed by atoms with Gasteiger partial charge in [-0.2, -0.15) is 0 Å². The van der Waals surface area contributed by atoms with Gasteiger partial charge in [0.2, 0.25) is 0 Å². The van der Waals surface area contributed by atoms with E-state index >= 15 is 0 Å². The van der Waals surface area contributed by atoms with Gasteiger partial charge in [-0.25, -0.2) is 0 Å². The van der Waals surface area contributed by atoms with E-state index in [1.54, 1.807) is 0 Å². The lowest BCUT2D eigenvalue weighted by Crippen LogP contribution is -2.14. The molecule has 3 aromatic rings. The van der Waals surface area contributed by atoms with Gasteiger partial charge in [-0.05, 0) is 60.8 Å². The molecule has 0 N–H and O–H groups in total. The first-order valence-electron chi connectivity index (χ1n) is 12.6. The van der Waals surface area contributed by atoms with E-state index in [0.29, 0.717) is 23.7 Å². The van der Waals surface area contributed by atoms with Crippen LogP contribution in [0.5, 0.6) is 0 Å². The lowest BCUT2D eigenvalue weighted by atomic mass is 9.75. The van der Waals surface area contributed by atoms with Crippen LogP contribution in [0.2, 0.25) is 0 Å². The highest BCUT2D eigenvalue weighted by Gasteiger charge is 2.25. The molecule has 3 aromatic carbocycles. The predicted molar refractivity (Wildman–Crippen MR) is 141 cm³/mol. The fourth-order valence-electron chi connectivity index (χ4n) is 4.77. The maximum absolute atomic E-state index is 2.40. The van der Waals surface area contributed by atoms with Gasteiger partial charge < -0.3 is 0 Å². The van der Waals surface area contributed by atoms with Gasteiger partial charge >= 0.3 is 0 Å². The molecule has 0 radical (unpaired) electrons. The highest BCUT2D eigenvalue weighted by molar-refractivity contribution is 5.44. The van der Waals surface area contributed by atoms with Crippen molar-refractivity contribution in [1.82, 2.24) is 0 Å². The molecule has 0 spiro atoms. The Morgan fingerprint density at radius 1 is 0.531 bits per heavy atom. The van der Waals surface area contributed by atoms with Gasteiger partial charge in [-0.15, -0.1) is 0 Å². The molecule has 0 bridgehead atoms. The fourth-order valence-corrected chi connectivity index (χ4v) is 4.77. The molecule has 0 fully saturated rings. The van der Waals surface area contributed by atoms with E-state index in [1.165, 1.54) is 59.1 Å². The first-order chi connectivity index (χ1) is 15.4. The number of hydrogen-bond acceptors (Lipinski definition) is 0. The van der Waals surface area contributed by atoms with Gasteiger partial charge in [0.05, 0.1) is 0 Å². The highest BCUT2D eigenvalue weighted by Crippen LogP contribution is 2.41. The molecule has 0 aliphatic heterocycles. The Balaban J connectivity index is 2.12. The summed E-state index contributed by atoms with van der Waals surface area (Å²) >= 11 is 0. The van der Waals surface area contributed by atoms with Crippen molar-refractivity contribution in [2.45, 2.75) is 79.1 Å². The molecule has 0 heteroatoms. The van der Waals surface area contributed by atoms with Crippen molar-refractivity contribution in [1.29, 1.82) is 0 Å². The number of benzene rings is 3. The third-order valence-electron chi connectivity index (χ3n) is 7.38. The van der Waals surface area contributed by atoms with Crippen LogP contribution in [0.15, 0.2) is 72.8 Å². The molecule has 170 valence electrons. The molecule has 0 aromatic heterocycles. The van der Waals surface area contributed by atoms with Gasteiger partial charge in [0.1, 0.15) is 0 Å². The molecule has 0 aliphatic carbocycles. The number of rotatable bonds is 10. The fraction of sp³-hybridized carbons (Fsp3) is 0.438. The standard InChI is InChI=1S/C32H42/c1-7-23(3)21-31(27-17-13-25(5)14-18-27)29-11-9-10-12-30(29)32(22-24(4)8-2)28-19-15-26(6)16-20-28/h9-20,23-24,31-32H,7-8,21-22H2,1-6H3. The Morgan fingerprint density at radius 2 is 0.875 bits per heavy atom. The molecule has 0 heterocycles. The van der Waals surface area contributed by atoms with E-state index in [2.05, 4.69) is 114 Å². The Bertz CT molecular complexity index is 868. The van der Waals surface area contributed by atoms with Crippen LogP contribution in [0, 0.1) is 25.7 Å². The molecule has 0 saturated heterocycles. The summed E-state index contributed by atoms with van der Waals surface area (Å²) in [6.45, 7) is 13.8. The molecule has 4 atom stereocenters. The second-order valence-corrected chi connectivity index (χ2v) is 10.1. The molecule has 0 amide bonds. The van der Waals surface area contributed by atoms with Crippen LogP contribution in [0.1, 0.15) is 98.6 Å². The van der Waals surface area contributed by atoms with Crippen LogP contribution < -0.4 is 0 Å². The van der Waals surface area contributed by atoms with Crippen molar-refractivity contribution in [2.75, 3.05) is 0 Å². The van der Waals surface area contributed by atoms with Gasteiger partial charge in [0.25, 0.3) is 0 Å². The lowest BCUT2D eigenvalue weighted by Gasteiger charge is -2.29. The van der Waals surface area contributed by atoms with Crippen molar-refractivity contribution in [3.05, 3.63) is 106 Å². The zero-order valence-electron chi connectivity index (χ0n) is 21.1. The molecule has 3 rings (SSSR count). The van der Waals surface area contributed by atoms with Crippen molar-refractivity contribution < 1.29 is 0 Å².